The van der Waals surface area contributed by atoms with Crippen LogP contribution in [-0.2, 0) is 6.61 Å². The molecule has 0 unspecified atom stereocenters. The molecule has 0 amide bonds. The summed E-state index contributed by atoms with van der Waals surface area (Å²) < 4.78 is 18.6. The molecule has 0 aliphatic heterocycles. The summed E-state index contributed by atoms with van der Waals surface area (Å²) in [4.78, 5) is 3.90. The maximum atomic E-state index is 13.2. The first-order chi connectivity index (χ1) is 8.70. The van der Waals surface area contributed by atoms with Gasteiger partial charge in [-0.3, -0.25) is 0 Å². The smallest absolute Gasteiger partial charge is 0.147 e. The van der Waals surface area contributed by atoms with Crippen molar-refractivity contribution in [3.05, 3.63) is 58.6 Å². The third-order valence-electron chi connectivity index (χ3n) is 2.28. The van der Waals surface area contributed by atoms with Gasteiger partial charge in [-0.25, -0.2) is 9.37 Å². The molecule has 0 N–H and O–H groups in total. The number of halogens is 2. The highest BCUT2D eigenvalue weighted by Gasteiger charge is 2.05. The molecule has 1 aromatic heterocycles. The molecule has 0 spiro atoms. The van der Waals surface area contributed by atoms with E-state index in [0.717, 1.165) is 0 Å². The predicted molar refractivity (Wildman–Crippen MR) is 64.7 cm³/mol. The molecule has 3 nitrogen and oxygen atoms in total. The fourth-order valence-electron chi connectivity index (χ4n) is 1.38. The summed E-state index contributed by atoms with van der Waals surface area (Å²) in [7, 11) is 0. The van der Waals surface area contributed by atoms with Crippen LogP contribution in [0.3, 0.4) is 0 Å². The van der Waals surface area contributed by atoms with Crippen molar-refractivity contribution in [2.24, 2.45) is 0 Å². The van der Waals surface area contributed by atoms with Crippen molar-refractivity contribution in [2.75, 3.05) is 0 Å². The van der Waals surface area contributed by atoms with Crippen molar-refractivity contribution >= 4 is 11.6 Å². The molecule has 1 aromatic carbocycles. The second-order valence-electron chi connectivity index (χ2n) is 3.49. The number of aromatic nitrogens is 1. The van der Waals surface area contributed by atoms with Gasteiger partial charge in [0, 0.05) is 17.8 Å². The summed E-state index contributed by atoms with van der Waals surface area (Å²) in [6.45, 7) is 0.151. The average molecular weight is 263 g/mol. The summed E-state index contributed by atoms with van der Waals surface area (Å²) >= 11 is 5.56. The van der Waals surface area contributed by atoms with Crippen LogP contribution in [0.2, 0.25) is 5.02 Å². The van der Waals surface area contributed by atoms with Crippen molar-refractivity contribution in [2.45, 2.75) is 6.61 Å². The molecular formula is C13H8ClFN2O. The molecule has 0 fully saturated rings. The Hall–Kier alpha value is -2.12. The number of pyridine rings is 1. The van der Waals surface area contributed by atoms with E-state index in [1.54, 1.807) is 18.2 Å². The second-order valence-corrected chi connectivity index (χ2v) is 3.89. The molecule has 0 bridgehead atoms. The van der Waals surface area contributed by atoms with Crippen LogP contribution >= 0.6 is 11.6 Å². The molecule has 0 aliphatic rings. The van der Waals surface area contributed by atoms with Gasteiger partial charge in [0.05, 0.1) is 5.02 Å². The van der Waals surface area contributed by atoms with Crippen LogP contribution in [0, 0.1) is 17.1 Å². The lowest BCUT2D eigenvalue weighted by Gasteiger charge is -2.07. The molecule has 18 heavy (non-hydrogen) atoms. The number of ether oxygens (including phenoxy) is 1. The summed E-state index contributed by atoms with van der Waals surface area (Å²) in [5, 5.41) is 8.89. The highest BCUT2D eigenvalue weighted by atomic mass is 35.5. The van der Waals surface area contributed by atoms with E-state index in [1.165, 1.54) is 18.3 Å². The molecule has 0 atom stereocenters. The van der Waals surface area contributed by atoms with E-state index in [9.17, 15) is 4.39 Å². The third kappa shape index (κ3) is 2.76. The molecule has 0 aliphatic carbocycles. The van der Waals surface area contributed by atoms with Gasteiger partial charge in [0.1, 0.15) is 29.9 Å². The summed E-state index contributed by atoms with van der Waals surface area (Å²) in [6, 6.07) is 9.59. The highest BCUT2D eigenvalue weighted by Crippen LogP contribution is 2.21. The molecule has 0 radical (unpaired) electrons. The Morgan fingerprint density at radius 2 is 2.22 bits per heavy atom. The van der Waals surface area contributed by atoms with Gasteiger partial charge in [-0.1, -0.05) is 17.7 Å². The molecule has 1 heterocycles. The maximum absolute atomic E-state index is 13.2. The Balaban J connectivity index is 2.12. The van der Waals surface area contributed by atoms with E-state index in [1.807, 2.05) is 6.07 Å². The predicted octanol–water partition coefficient (Wildman–Crippen LogP) is 3.32. The molecule has 2 rings (SSSR count). The molecule has 5 heteroatoms. The number of rotatable bonds is 3. The summed E-state index contributed by atoms with van der Waals surface area (Å²) in [5.41, 5.74) is 0.947. The number of nitrogens with zero attached hydrogens (tertiary/aromatic N) is 2. The molecule has 2 aromatic rings. The van der Waals surface area contributed by atoms with E-state index < -0.39 is 5.82 Å². The second kappa shape index (κ2) is 5.48. The Kier molecular flexibility index (Phi) is 3.75. The molecular weight excluding hydrogens is 255 g/mol. The van der Waals surface area contributed by atoms with Crippen molar-refractivity contribution in [1.82, 2.24) is 4.98 Å². The van der Waals surface area contributed by atoms with Crippen LogP contribution < -0.4 is 4.74 Å². The van der Waals surface area contributed by atoms with E-state index in [2.05, 4.69) is 4.98 Å². The van der Waals surface area contributed by atoms with Gasteiger partial charge >= 0.3 is 0 Å². The summed E-state index contributed by atoms with van der Waals surface area (Å²) in [6.07, 6.45) is 1.53. The van der Waals surface area contributed by atoms with Crippen molar-refractivity contribution in [3.63, 3.8) is 0 Å². The monoisotopic (exact) mass is 262 g/mol. The van der Waals surface area contributed by atoms with E-state index in [0.29, 0.717) is 17.0 Å². The minimum atomic E-state index is -0.541. The first kappa shape index (κ1) is 12.3. The Morgan fingerprint density at radius 1 is 1.39 bits per heavy atom. The molecule has 90 valence electrons. The SMILES string of the molecule is N#Cc1ncccc1COc1ccc(Cl)c(F)c1. The number of hydrogen-bond acceptors (Lipinski definition) is 3. The Bertz CT molecular complexity index is 610. The van der Waals surface area contributed by atoms with Gasteiger partial charge in [0.15, 0.2) is 0 Å². The van der Waals surface area contributed by atoms with Crippen molar-refractivity contribution in [3.8, 4) is 11.8 Å². The fourth-order valence-corrected chi connectivity index (χ4v) is 1.50. The number of nitriles is 1. The first-order valence-electron chi connectivity index (χ1n) is 5.12. The van der Waals surface area contributed by atoms with Crippen LogP contribution in [0.1, 0.15) is 11.3 Å². The normalized spacial score (nSPS) is 9.83. The standard InChI is InChI=1S/C13H8ClFN2O/c14-11-4-3-10(6-12(11)15)18-8-9-2-1-5-17-13(9)7-16/h1-6H,8H2. The van der Waals surface area contributed by atoms with Crippen LogP contribution in [0.5, 0.6) is 5.75 Å². The van der Waals surface area contributed by atoms with Crippen molar-refractivity contribution in [1.29, 1.82) is 5.26 Å². The minimum absolute atomic E-state index is 0.0430. The third-order valence-corrected chi connectivity index (χ3v) is 2.59. The van der Waals surface area contributed by atoms with Crippen LogP contribution in [0.25, 0.3) is 0 Å². The molecule has 0 saturated carbocycles. The number of hydrogen-bond donors (Lipinski definition) is 0. The zero-order valence-corrected chi connectivity index (χ0v) is 9.99. The fraction of sp³-hybridized carbons (Fsp3) is 0.0769. The van der Waals surface area contributed by atoms with Gasteiger partial charge in [0.25, 0.3) is 0 Å². The van der Waals surface area contributed by atoms with E-state index >= 15 is 0 Å². The lowest BCUT2D eigenvalue weighted by atomic mass is 10.2. The van der Waals surface area contributed by atoms with Crippen molar-refractivity contribution < 1.29 is 9.13 Å². The Morgan fingerprint density at radius 3 is 2.94 bits per heavy atom. The van der Waals surface area contributed by atoms with Gasteiger partial charge in [-0.05, 0) is 18.2 Å². The lowest BCUT2D eigenvalue weighted by Crippen LogP contribution is -2.00. The largest absolute Gasteiger partial charge is 0.489 e. The van der Waals surface area contributed by atoms with E-state index in [-0.39, 0.29) is 11.6 Å². The minimum Gasteiger partial charge on any atom is -0.489 e. The average Bonchev–Trinajstić information content (AvgIpc) is 2.40. The number of benzene rings is 1. The lowest BCUT2D eigenvalue weighted by molar-refractivity contribution is 0.304. The molecule has 0 saturated heterocycles. The highest BCUT2D eigenvalue weighted by molar-refractivity contribution is 6.30. The maximum Gasteiger partial charge on any atom is 0.147 e. The van der Waals surface area contributed by atoms with Gasteiger partial charge < -0.3 is 4.74 Å². The van der Waals surface area contributed by atoms with Gasteiger partial charge in [-0.15, -0.1) is 0 Å². The Labute approximate surface area is 108 Å². The summed E-state index contributed by atoms with van der Waals surface area (Å²) in [5.74, 6) is -0.189. The van der Waals surface area contributed by atoms with Crippen LogP contribution in [0.15, 0.2) is 36.5 Å². The quantitative estimate of drug-likeness (QED) is 0.852. The van der Waals surface area contributed by atoms with Gasteiger partial charge in [0.2, 0.25) is 0 Å². The topological polar surface area (TPSA) is 45.9 Å². The van der Waals surface area contributed by atoms with E-state index in [4.69, 9.17) is 21.6 Å². The van der Waals surface area contributed by atoms with Crippen LogP contribution in [0.4, 0.5) is 4.39 Å². The first-order valence-corrected chi connectivity index (χ1v) is 5.50. The zero-order chi connectivity index (χ0) is 13.0. The zero-order valence-electron chi connectivity index (χ0n) is 9.23. The van der Waals surface area contributed by atoms with Gasteiger partial charge in [-0.2, -0.15) is 5.26 Å². The van der Waals surface area contributed by atoms with Crippen LogP contribution in [-0.4, -0.2) is 4.98 Å².